The number of anilines is 1. The summed E-state index contributed by atoms with van der Waals surface area (Å²) in [4.78, 5) is 0. The fourth-order valence-electron chi connectivity index (χ4n) is 1.38. The Morgan fingerprint density at radius 3 is 2.88 bits per heavy atom. The van der Waals surface area contributed by atoms with Gasteiger partial charge in [0.2, 0.25) is 5.95 Å². The predicted molar refractivity (Wildman–Crippen MR) is 64.1 cm³/mol. The van der Waals surface area contributed by atoms with Crippen LogP contribution in [0.15, 0.2) is 18.2 Å². The number of rotatable bonds is 4. The summed E-state index contributed by atoms with van der Waals surface area (Å²) in [6.45, 7) is 0.595. The average Bonchev–Trinajstić information content (AvgIpc) is 2.72. The molecule has 0 fully saturated rings. The number of aromatic nitrogens is 4. The van der Waals surface area contributed by atoms with E-state index >= 15 is 0 Å². The number of tetrazole rings is 1. The molecule has 1 heterocycles. The zero-order valence-corrected chi connectivity index (χ0v) is 10.3. The van der Waals surface area contributed by atoms with Gasteiger partial charge in [0.1, 0.15) is 5.75 Å². The molecule has 1 aromatic heterocycles. The Hall–Kier alpha value is -1.82. The van der Waals surface area contributed by atoms with Crippen molar-refractivity contribution in [1.29, 1.82) is 0 Å². The smallest absolute Gasteiger partial charge is 0.242 e. The molecule has 0 saturated heterocycles. The molecular weight excluding hydrogens is 242 g/mol. The quantitative estimate of drug-likeness (QED) is 0.894. The molecule has 2 rings (SSSR count). The summed E-state index contributed by atoms with van der Waals surface area (Å²) >= 11 is 6.02. The average molecular weight is 254 g/mol. The van der Waals surface area contributed by atoms with E-state index in [2.05, 4.69) is 20.8 Å². The molecule has 0 bridgehead atoms. The molecule has 0 spiro atoms. The zero-order chi connectivity index (χ0) is 12.3. The van der Waals surface area contributed by atoms with Crippen LogP contribution in [-0.4, -0.2) is 27.3 Å². The van der Waals surface area contributed by atoms with Gasteiger partial charge in [0.25, 0.3) is 0 Å². The molecule has 17 heavy (non-hydrogen) atoms. The summed E-state index contributed by atoms with van der Waals surface area (Å²) in [7, 11) is 3.35. The Morgan fingerprint density at radius 2 is 2.29 bits per heavy atom. The maximum Gasteiger partial charge on any atom is 0.242 e. The van der Waals surface area contributed by atoms with E-state index in [1.165, 1.54) is 0 Å². The van der Waals surface area contributed by atoms with Gasteiger partial charge in [0, 0.05) is 13.6 Å². The van der Waals surface area contributed by atoms with Gasteiger partial charge in [-0.05, 0) is 28.1 Å². The van der Waals surface area contributed by atoms with E-state index in [1.807, 2.05) is 18.2 Å². The van der Waals surface area contributed by atoms with Gasteiger partial charge in [0.05, 0.1) is 12.1 Å². The third-order valence-corrected chi connectivity index (χ3v) is 2.58. The number of nitrogens with one attached hydrogen (secondary N) is 1. The van der Waals surface area contributed by atoms with Crippen molar-refractivity contribution in [2.24, 2.45) is 7.05 Å². The van der Waals surface area contributed by atoms with E-state index in [0.717, 1.165) is 5.56 Å². The summed E-state index contributed by atoms with van der Waals surface area (Å²) in [6, 6.07) is 5.60. The van der Waals surface area contributed by atoms with Gasteiger partial charge < -0.3 is 10.1 Å². The van der Waals surface area contributed by atoms with Crippen LogP contribution in [-0.2, 0) is 13.6 Å². The first kappa shape index (κ1) is 11.7. The van der Waals surface area contributed by atoms with E-state index in [-0.39, 0.29) is 0 Å². The lowest BCUT2D eigenvalue weighted by molar-refractivity contribution is 0.415. The minimum atomic E-state index is 0.586. The largest absolute Gasteiger partial charge is 0.495 e. The van der Waals surface area contributed by atoms with Gasteiger partial charge in [-0.1, -0.05) is 22.8 Å². The Labute approximate surface area is 104 Å². The van der Waals surface area contributed by atoms with Crippen molar-refractivity contribution in [3.63, 3.8) is 0 Å². The van der Waals surface area contributed by atoms with E-state index in [0.29, 0.717) is 23.3 Å². The summed E-state index contributed by atoms with van der Waals surface area (Å²) in [5.41, 5.74) is 1.03. The minimum Gasteiger partial charge on any atom is -0.495 e. The highest BCUT2D eigenvalue weighted by atomic mass is 35.5. The van der Waals surface area contributed by atoms with Gasteiger partial charge in [-0.15, -0.1) is 0 Å². The molecular formula is C10H12ClN5O. The van der Waals surface area contributed by atoms with Gasteiger partial charge in [-0.2, -0.15) is 0 Å². The van der Waals surface area contributed by atoms with Crippen molar-refractivity contribution < 1.29 is 4.74 Å². The SMILES string of the molecule is COc1ccc(CNc2nnnn2C)cc1Cl. The monoisotopic (exact) mass is 253 g/mol. The van der Waals surface area contributed by atoms with Crippen LogP contribution in [0.2, 0.25) is 5.02 Å². The third kappa shape index (κ3) is 2.65. The van der Waals surface area contributed by atoms with Crippen LogP contribution >= 0.6 is 11.6 Å². The summed E-state index contributed by atoms with van der Waals surface area (Å²) < 4.78 is 6.64. The van der Waals surface area contributed by atoms with Crippen molar-refractivity contribution in [3.05, 3.63) is 28.8 Å². The summed E-state index contributed by atoms with van der Waals surface area (Å²) in [5, 5.41) is 14.8. The first-order chi connectivity index (χ1) is 8.20. The molecule has 0 atom stereocenters. The van der Waals surface area contributed by atoms with Crippen LogP contribution in [0, 0.1) is 0 Å². The highest BCUT2D eigenvalue weighted by molar-refractivity contribution is 6.32. The number of aryl methyl sites for hydroxylation is 1. The number of ether oxygens (including phenoxy) is 1. The summed E-state index contributed by atoms with van der Waals surface area (Å²) in [5.74, 6) is 1.27. The molecule has 2 aromatic rings. The number of hydrogen-bond acceptors (Lipinski definition) is 5. The van der Waals surface area contributed by atoms with Crippen molar-refractivity contribution in [3.8, 4) is 5.75 Å². The Balaban J connectivity index is 2.05. The van der Waals surface area contributed by atoms with Crippen LogP contribution in [0.3, 0.4) is 0 Å². The Bertz CT molecular complexity index is 513. The van der Waals surface area contributed by atoms with E-state index in [9.17, 15) is 0 Å². The second-order valence-electron chi connectivity index (χ2n) is 3.45. The Kier molecular flexibility index (Phi) is 3.43. The molecule has 0 unspecified atom stereocenters. The van der Waals surface area contributed by atoms with Crippen molar-refractivity contribution in [1.82, 2.24) is 20.2 Å². The maximum absolute atomic E-state index is 6.02. The highest BCUT2D eigenvalue weighted by Gasteiger charge is 2.04. The number of nitrogens with zero attached hydrogens (tertiary/aromatic N) is 4. The first-order valence-corrected chi connectivity index (χ1v) is 5.37. The second-order valence-corrected chi connectivity index (χ2v) is 3.86. The molecule has 0 aliphatic heterocycles. The molecule has 0 aliphatic rings. The van der Waals surface area contributed by atoms with E-state index in [4.69, 9.17) is 16.3 Å². The van der Waals surface area contributed by atoms with Crippen LogP contribution < -0.4 is 10.1 Å². The topological polar surface area (TPSA) is 64.9 Å². The maximum atomic E-state index is 6.02. The Morgan fingerprint density at radius 1 is 1.47 bits per heavy atom. The van der Waals surface area contributed by atoms with Gasteiger partial charge in [-0.25, -0.2) is 4.68 Å². The predicted octanol–water partition coefficient (Wildman–Crippen LogP) is 1.48. The first-order valence-electron chi connectivity index (χ1n) is 4.99. The summed E-state index contributed by atoms with van der Waals surface area (Å²) in [6.07, 6.45) is 0. The lowest BCUT2D eigenvalue weighted by Gasteiger charge is -2.07. The van der Waals surface area contributed by atoms with Crippen molar-refractivity contribution >= 4 is 17.5 Å². The van der Waals surface area contributed by atoms with Crippen molar-refractivity contribution in [2.75, 3.05) is 12.4 Å². The van der Waals surface area contributed by atoms with Gasteiger partial charge in [-0.3, -0.25) is 0 Å². The van der Waals surface area contributed by atoms with Gasteiger partial charge >= 0.3 is 0 Å². The normalized spacial score (nSPS) is 10.3. The third-order valence-electron chi connectivity index (χ3n) is 2.29. The standard InChI is InChI=1S/C10H12ClN5O/c1-16-10(13-14-15-16)12-6-7-3-4-9(17-2)8(11)5-7/h3-5H,6H2,1-2H3,(H,12,13,15). The molecule has 7 heteroatoms. The molecule has 6 nitrogen and oxygen atoms in total. The zero-order valence-electron chi connectivity index (χ0n) is 9.51. The molecule has 0 saturated carbocycles. The number of methoxy groups -OCH3 is 1. The molecule has 0 aliphatic carbocycles. The molecule has 1 aromatic carbocycles. The number of hydrogen-bond donors (Lipinski definition) is 1. The lowest BCUT2D eigenvalue weighted by Crippen LogP contribution is -2.05. The van der Waals surface area contributed by atoms with Crippen LogP contribution in [0.25, 0.3) is 0 Å². The second kappa shape index (κ2) is 5.01. The minimum absolute atomic E-state index is 0.586. The fourth-order valence-corrected chi connectivity index (χ4v) is 1.66. The highest BCUT2D eigenvalue weighted by Crippen LogP contribution is 2.25. The van der Waals surface area contributed by atoms with Crippen LogP contribution in [0.1, 0.15) is 5.56 Å². The van der Waals surface area contributed by atoms with Crippen LogP contribution in [0.4, 0.5) is 5.95 Å². The number of halogens is 1. The fraction of sp³-hybridized carbons (Fsp3) is 0.300. The van der Waals surface area contributed by atoms with Crippen LogP contribution in [0.5, 0.6) is 5.75 Å². The molecule has 0 radical (unpaired) electrons. The number of benzene rings is 1. The molecule has 0 amide bonds. The lowest BCUT2D eigenvalue weighted by atomic mass is 10.2. The van der Waals surface area contributed by atoms with E-state index < -0.39 is 0 Å². The molecule has 1 N–H and O–H groups in total. The molecule has 90 valence electrons. The van der Waals surface area contributed by atoms with Crippen molar-refractivity contribution in [2.45, 2.75) is 6.54 Å². The van der Waals surface area contributed by atoms with E-state index in [1.54, 1.807) is 18.8 Å². The van der Waals surface area contributed by atoms with Gasteiger partial charge in [0.15, 0.2) is 0 Å².